The second-order valence-corrected chi connectivity index (χ2v) is 7.13. The molecule has 172 valence electrons. The van der Waals surface area contributed by atoms with Crippen LogP contribution in [0.3, 0.4) is 0 Å². The van der Waals surface area contributed by atoms with Gasteiger partial charge in [0.2, 0.25) is 0 Å². The molecule has 3 rings (SSSR count). The van der Waals surface area contributed by atoms with E-state index in [1.54, 1.807) is 12.4 Å². The van der Waals surface area contributed by atoms with Crippen molar-refractivity contribution in [2.45, 2.75) is 39.4 Å². The third-order valence-electron chi connectivity index (χ3n) is 4.95. The van der Waals surface area contributed by atoms with Crippen LogP contribution in [-0.4, -0.2) is 34.4 Å². The number of halogens is 2. The van der Waals surface area contributed by atoms with Crippen LogP contribution in [0.15, 0.2) is 59.9 Å². The van der Waals surface area contributed by atoms with E-state index in [9.17, 15) is 4.39 Å². The Morgan fingerprint density at radius 1 is 1.22 bits per heavy atom. The minimum Gasteiger partial charge on any atom is -0.494 e. The number of aliphatic imine (C=N–C) groups is 1. The fourth-order valence-corrected chi connectivity index (χ4v) is 3.18. The predicted octanol–water partition coefficient (Wildman–Crippen LogP) is 4.10. The van der Waals surface area contributed by atoms with Crippen molar-refractivity contribution in [2.75, 3.05) is 13.7 Å². The second-order valence-electron chi connectivity index (χ2n) is 7.13. The van der Waals surface area contributed by atoms with Crippen LogP contribution in [0.4, 0.5) is 4.39 Å². The van der Waals surface area contributed by atoms with Gasteiger partial charge >= 0.3 is 0 Å². The Morgan fingerprint density at radius 3 is 2.69 bits per heavy atom. The standard InChI is InChI=1S/C23H29FN6O.HI/c1-4-22-29-27-16-30(22)13-12-25-23(26-15-18-8-6-5-7-9-18)28-17(2)19-10-11-21(31-3)20(24)14-19;/h5-11,14,16-17H,4,12-13,15H2,1-3H3,(H2,25,26,28);1H. The highest BCUT2D eigenvalue weighted by Crippen LogP contribution is 2.21. The van der Waals surface area contributed by atoms with Crippen LogP contribution in [0.5, 0.6) is 5.75 Å². The largest absolute Gasteiger partial charge is 0.494 e. The first-order valence-electron chi connectivity index (χ1n) is 10.4. The molecule has 0 aliphatic carbocycles. The number of rotatable bonds is 9. The Balaban J connectivity index is 0.00000363. The molecule has 1 unspecified atom stereocenters. The Bertz CT molecular complexity index is 995. The van der Waals surface area contributed by atoms with E-state index in [0.717, 1.165) is 23.4 Å². The summed E-state index contributed by atoms with van der Waals surface area (Å²) in [5.74, 6) is 1.44. The molecule has 0 spiro atoms. The lowest BCUT2D eigenvalue weighted by molar-refractivity contribution is 0.386. The van der Waals surface area contributed by atoms with Gasteiger partial charge in [0.15, 0.2) is 17.5 Å². The molecule has 1 heterocycles. The molecule has 2 N–H and O–H groups in total. The number of hydrogen-bond acceptors (Lipinski definition) is 4. The Kier molecular flexibility index (Phi) is 10.4. The van der Waals surface area contributed by atoms with E-state index in [2.05, 4.69) is 27.8 Å². The first kappa shape index (κ1) is 25.6. The molecule has 3 aromatic rings. The minimum absolute atomic E-state index is 0. The molecule has 0 amide bonds. The summed E-state index contributed by atoms with van der Waals surface area (Å²) >= 11 is 0. The van der Waals surface area contributed by atoms with E-state index in [1.165, 1.54) is 13.2 Å². The zero-order valence-corrected chi connectivity index (χ0v) is 20.9. The summed E-state index contributed by atoms with van der Waals surface area (Å²) in [4.78, 5) is 4.71. The van der Waals surface area contributed by atoms with Crippen LogP contribution in [0, 0.1) is 5.82 Å². The van der Waals surface area contributed by atoms with Crippen LogP contribution in [0.2, 0.25) is 0 Å². The van der Waals surface area contributed by atoms with Gasteiger partial charge in [-0.05, 0) is 30.2 Å². The smallest absolute Gasteiger partial charge is 0.192 e. The monoisotopic (exact) mass is 552 g/mol. The van der Waals surface area contributed by atoms with Crippen molar-refractivity contribution in [3.63, 3.8) is 0 Å². The van der Waals surface area contributed by atoms with E-state index in [-0.39, 0.29) is 41.6 Å². The zero-order valence-electron chi connectivity index (χ0n) is 18.6. The molecule has 0 bridgehead atoms. The van der Waals surface area contributed by atoms with Crippen LogP contribution in [0.1, 0.15) is 36.8 Å². The van der Waals surface area contributed by atoms with Gasteiger partial charge in [0, 0.05) is 19.5 Å². The number of benzene rings is 2. The normalized spacial score (nSPS) is 12.1. The Hall–Kier alpha value is -2.69. The van der Waals surface area contributed by atoms with E-state index in [1.807, 2.05) is 47.9 Å². The van der Waals surface area contributed by atoms with Crippen LogP contribution < -0.4 is 15.4 Å². The molecule has 0 aliphatic rings. The molecule has 0 aliphatic heterocycles. The molecule has 1 atom stereocenters. The third kappa shape index (κ3) is 7.18. The van der Waals surface area contributed by atoms with Crippen molar-refractivity contribution in [2.24, 2.45) is 4.99 Å². The first-order chi connectivity index (χ1) is 15.1. The molecule has 7 nitrogen and oxygen atoms in total. The third-order valence-corrected chi connectivity index (χ3v) is 4.95. The van der Waals surface area contributed by atoms with Gasteiger partial charge in [-0.25, -0.2) is 9.38 Å². The predicted molar refractivity (Wildman–Crippen MR) is 135 cm³/mol. The summed E-state index contributed by atoms with van der Waals surface area (Å²) in [6.45, 7) is 5.92. The quantitative estimate of drug-likeness (QED) is 0.238. The van der Waals surface area contributed by atoms with Crippen molar-refractivity contribution >= 4 is 29.9 Å². The average molecular weight is 552 g/mol. The van der Waals surface area contributed by atoms with Crippen molar-refractivity contribution < 1.29 is 9.13 Å². The Labute approximate surface area is 205 Å². The fraction of sp³-hybridized carbons (Fsp3) is 0.348. The molecule has 0 saturated carbocycles. The summed E-state index contributed by atoms with van der Waals surface area (Å²) < 4.78 is 21.2. The number of guanidine groups is 1. The molecular formula is C23H30FIN6O. The van der Waals surface area contributed by atoms with Gasteiger partial charge < -0.3 is 19.9 Å². The SMILES string of the molecule is CCc1nncn1CCNC(=NCc1ccccc1)NC(C)c1ccc(OC)c(F)c1.I. The highest BCUT2D eigenvalue weighted by atomic mass is 127. The maximum Gasteiger partial charge on any atom is 0.192 e. The summed E-state index contributed by atoms with van der Waals surface area (Å²) in [5, 5.41) is 14.8. The molecular weight excluding hydrogens is 522 g/mol. The first-order valence-corrected chi connectivity index (χ1v) is 10.4. The lowest BCUT2D eigenvalue weighted by atomic mass is 10.1. The average Bonchev–Trinajstić information content (AvgIpc) is 3.25. The van der Waals surface area contributed by atoms with Crippen LogP contribution >= 0.6 is 24.0 Å². The molecule has 0 radical (unpaired) electrons. The molecule has 2 aromatic carbocycles. The fourth-order valence-electron chi connectivity index (χ4n) is 3.18. The molecule has 32 heavy (non-hydrogen) atoms. The van der Waals surface area contributed by atoms with E-state index < -0.39 is 0 Å². The van der Waals surface area contributed by atoms with Crippen molar-refractivity contribution in [1.29, 1.82) is 0 Å². The van der Waals surface area contributed by atoms with Crippen LogP contribution in [-0.2, 0) is 19.5 Å². The number of nitrogens with one attached hydrogen (secondary N) is 2. The maximum atomic E-state index is 14.1. The van der Waals surface area contributed by atoms with Gasteiger partial charge in [-0.2, -0.15) is 0 Å². The molecule has 0 saturated heterocycles. The lowest BCUT2D eigenvalue weighted by Gasteiger charge is -2.19. The lowest BCUT2D eigenvalue weighted by Crippen LogP contribution is -2.40. The minimum atomic E-state index is -0.385. The summed E-state index contributed by atoms with van der Waals surface area (Å²) in [7, 11) is 1.46. The highest BCUT2D eigenvalue weighted by molar-refractivity contribution is 14.0. The van der Waals surface area contributed by atoms with Gasteiger partial charge in [0.05, 0.1) is 19.7 Å². The van der Waals surface area contributed by atoms with Crippen molar-refractivity contribution in [3.05, 3.63) is 77.6 Å². The van der Waals surface area contributed by atoms with Crippen molar-refractivity contribution in [1.82, 2.24) is 25.4 Å². The topological polar surface area (TPSA) is 76.4 Å². The maximum absolute atomic E-state index is 14.1. The second kappa shape index (κ2) is 13.0. The summed E-state index contributed by atoms with van der Waals surface area (Å²) in [5.41, 5.74) is 1.92. The molecule has 9 heteroatoms. The number of aromatic nitrogens is 3. The van der Waals surface area contributed by atoms with Crippen LogP contribution in [0.25, 0.3) is 0 Å². The number of hydrogen-bond donors (Lipinski definition) is 2. The summed E-state index contributed by atoms with van der Waals surface area (Å²) in [6.07, 6.45) is 2.56. The molecule has 1 aromatic heterocycles. The molecule has 0 fully saturated rings. The van der Waals surface area contributed by atoms with E-state index >= 15 is 0 Å². The van der Waals surface area contributed by atoms with E-state index in [4.69, 9.17) is 9.73 Å². The number of nitrogens with zero attached hydrogens (tertiary/aromatic N) is 4. The zero-order chi connectivity index (χ0) is 22.1. The van der Waals surface area contributed by atoms with E-state index in [0.29, 0.717) is 25.6 Å². The van der Waals surface area contributed by atoms with Gasteiger partial charge in [0.25, 0.3) is 0 Å². The summed E-state index contributed by atoms with van der Waals surface area (Å²) in [6, 6.07) is 14.9. The van der Waals surface area contributed by atoms with Gasteiger partial charge in [-0.15, -0.1) is 34.2 Å². The van der Waals surface area contributed by atoms with Gasteiger partial charge in [-0.1, -0.05) is 43.3 Å². The van der Waals surface area contributed by atoms with Gasteiger partial charge in [-0.3, -0.25) is 0 Å². The number of ether oxygens (including phenoxy) is 1. The van der Waals surface area contributed by atoms with Crippen molar-refractivity contribution in [3.8, 4) is 5.75 Å². The number of aryl methyl sites for hydroxylation is 1. The van der Waals surface area contributed by atoms with Gasteiger partial charge in [0.1, 0.15) is 12.2 Å². The highest BCUT2D eigenvalue weighted by Gasteiger charge is 2.12. The number of methoxy groups -OCH3 is 1. The Morgan fingerprint density at radius 2 is 2.00 bits per heavy atom.